The zero-order chi connectivity index (χ0) is 17.2. The van der Waals surface area contributed by atoms with Gasteiger partial charge in [0.2, 0.25) is 0 Å². The van der Waals surface area contributed by atoms with E-state index in [0.717, 1.165) is 17.7 Å². The molecule has 2 rings (SSSR count). The van der Waals surface area contributed by atoms with Crippen molar-refractivity contribution in [3.05, 3.63) is 47.3 Å². The quantitative estimate of drug-likeness (QED) is 0.857. The van der Waals surface area contributed by atoms with Crippen molar-refractivity contribution >= 4 is 0 Å². The van der Waals surface area contributed by atoms with Gasteiger partial charge in [-0.1, -0.05) is 25.1 Å². The van der Waals surface area contributed by atoms with Gasteiger partial charge in [-0.2, -0.15) is 5.10 Å². The normalized spacial score (nSPS) is 14.7. The summed E-state index contributed by atoms with van der Waals surface area (Å²) in [5, 5.41) is 18.4. The molecule has 0 saturated carbocycles. The largest absolute Gasteiger partial charge is 0.508 e. The van der Waals surface area contributed by atoms with Crippen molar-refractivity contribution in [2.75, 3.05) is 0 Å². The number of hydrogen-bond acceptors (Lipinski definition) is 3. The first-order valence-corrected chi connectivity index (χ1v) is 8.34. The number of nitrogens with one attached hydrogen (secondary N) is 1. The first-order chi connectivity index (χ1) is 10.7. The van der Waals surface area contributed by atoms with Gasteiger partial charge in [-0.15, -0.1) is 0 Å². The molecule has 0 aliphatic rings. The van der Waals surface area contributed by atoms with E-state index in [9.17, 15) is 5.11 Å². The summed E-state index contributed by atoms with van der Waals surface area (Å²) in [5.74, 6) is 0.348. The van der Waals surface area contributed by atoms with Gasteiger partial charge in [0.25, 0.3) is 0 Å². The van der Waals surface area contributed by atoms with E-state index in [4.69, 9.17) is 0 Å². The fourth-order valence-electron chi connectivity index (χ4n) is 2.84. The zero-order valence-corrected chi connectivity index (χ0v) is 15.1. The molecule has 126 valence electrons. The molecule has 1 aromatic heterocycles. The van der Waals surface area contributed by atoms with Crippen LogP contribution in [0.3, 0.4) is 0 Å². The molecule has 0 saturated heterocycles. The van der Waals surface area contributed by atoms with Gasteiger partial charge in [-0.05, 0) is 47.1 Å². The van der Waals surface area contributed by atoms with E-state index in [1.807, 2.05) is 22.9 Å². The minimum absolute atomic E-state index is 0.0232. The number of rotatable bonds is 5. The Morgan fingerprint density at radius 2 is 1.87 bits per heavy atom. The lowest BCUT2D eigenvalue weighted by molar-refractivity contribution is 0.353. The first kappa shape index (κ1) is 17.5. The number of hydrogen-bond donors (Lipinski definition) is 2. The average Bonchev–Trinajstić information content (AvgIpc) is 2.87. The Hall–Kier alpha value is -1.81. The van der Waals surface area contributed by atoms with Crippen molar-refractivity contribution in [2.24, 2.45) is 0 Å². The van der Waals surface area contributed by atoms with E-state index in [1.165, 1.54) is 5.56 Å². The fourth-order valence-corrected chi connectivity index (χ4v) is 2.84. The molecule has 0 aliphatic heterocycles. The number of aryl methyl sites for hydroxylation is 1. The van der Waals surface area contributed by atoms with Crippen LogP contribution in [0.1, 0.15) is 69.9 Å². The Bertz CT molecular complexity index is 655. The summed E-state index contributed by atoms with van der Waals surface area (Å²) in [7, 11) is 0. The summed E-state index contributed by atoms with van der Waals surface area (Å²) in [4.78, 5) is 0. The molecular weight excluding hydrogens is 286 g/mol. The molecule has 0 bridgehead atoms. The number of aromatic nitrogens is 2. The zero-order valence-electron chi connectivity index (χ0n) is 15.1. The molecule has 0 aliphatic carbocycles. The highest BCUT2D eigenvalue weighted by Crippen LogP contribution is 2.29. The monoisotopic (exact) mass is 315 g/mol. The van der Waals surface area contributed by atoms with Crippen LogP contribution in [0.25, 0.3) is 0 Å². The molecule has 4 nitrogen and oxygen atoms in total. The highest BCUT2D eigenvalue weighted by atomic mass is 16.3. The predicted molar refractivity (Wildman–Crippen MR) is 94.6 cm³/mol. The van der Waals surface area contributed by atoms with Crippen LogP contribution in [-0.4, -0.2) is 14.9 Å². The first-order valence-electron chi connectivity index (χ1n) is 8.34. The third kappa shape index (κ3) is 3.94. The van der Waals surface area contributed by atoms with Crippen LogP contribution in [0.4, 0.5) is 0 Å². The Kier molecular flexibility index (Phi) is 5.15. The van der Waals surface area contributed by atoms with Gasteiger partial charge in [-0.3, -0.25) is 4.68 Å². The molecule has 0 unspecified atom stereocenters. The summed E-state index contributed by atoms with van der Waals surface area (Å²) in [5.41, 5.74) is 3.17. The summed E-state index contributed by atoms with van der Waals surface area (Å²) >= 11 is 0. The lowest BCUT2D eigenvalue weighted by Gasteiger charge is -2.23. The van der Waals surface area contributed by atoms with E-state index in [1.54, 1.807) is 6.07 Å². The summed E-state index contributed by atoms with van der Waals surface area (Å²) in [6.45, 7) is 12.8. The fraction of sp³-hybridized carbons (Fsp3) is 0.526. The molecule has 0 amide bonds. The van der Waals surface area contributed by atoms with Crippen molar-refractivity contribution < 1.29 is 5.11 Å². The predicted octanol–water partition coefficient (Wildman–Crippen LogP) is 4.45. The van der Waals surface area contributed by atoms with Gasteiger partial charge >= 0.3 is 0 Å². The van der Waals surface area contributed by atoms with Gasteiger partial charge in [0.15, 0.2) is 0 Å². The van der Waals surface area contributed by atoms with E-state index in [-0.39, 0.29) is 17.6 Å². The van der Waals surface area contributed by atoms with Crippen molar-refractivity contribution in [1.29, 1.82) is 0 Å². The molecule has 0 radical (unpaired) electrons. The Morgan fingerprint density at radius 1 is 1.22 bits per heavy atom. The maximum Gasteiger partial charge on any atom is 0.120 e. The maximum absolute atomic E-state index is 10.1. The number of benzene rings is 1. The Labute approximate surface area is 139 Å². The lowest BCUT2D eigenvalue weighted by Crippen LogP contribution is -2.25. The van der Waals surface area contributed by atoms with Gasteiger partial charge in [0, 0.05) is 29.4 Å². The number of phenols is 1. The van der Waals surface area contributed by atoms with E-state index in [2.05, 4.69) is 58.2 Å². The summed E-state index contributed by atoms with van der Waals surface area (Å²) in [6.07, 6.45) is 3.04. The highest BCUT2D eigenvalue weighted by molar-refractivity contribution is 5.35. The molecule has 2 aromatic rings. The molecule has 0 fully saturated rings. The van der Waals surface area contributed by atoms with Crippen molar-refractivity contribution in [2.45, 2.75) is 65.6 Å². The number of para-hydroxylation sites is 1. The maximum atomic E-state index is 10.1. The molecule has 2 atom stereocenters. The van der Waals surface area contributed by atoms with Gasteiger partial charge < -0.3 is 10.4 Å². The second-order valence-corrected chi connectivity index (χ2v) is 7.19. The van der Waals surface area contributed by atoms with Crippen LogP contribution in [0.5, 0.6) is 5.75 Å². The molecule has 1 heterocycles. The average molecular weight is 315 g/mol. The van der Waals surface area contributed by atoms with E-state index in [0.29, 0.717) is 5.75 Å². The van der Waals surface area contributed by atoms with Crippen molar-refractivity contribution in [1.82, 2.24) is 15.1 Å². The summed E-state index contributed by atoms with van der Waals surface area (Å²) < 4.78 is 2.02. The molecule has 2 N–H and O–H groups in total. The van der Waals surface area contributed by atoms with Crippen LogP contribution in [0.15, 0.2) is 30.5 Å². The van der Waals surface area contributed by atoms with E-state index < -0.39 is 0 Å². The Balaban J connectivity index is 2.22. The van der Waals surface area contributed by atoms with Crippen LogP contribution in [0, 0.1) is 6.92 Å². The van der Waals surface area contributed by atoms with Crippen LogP contribution >= 0.6 is 0 Å². The van der Waals surface area contributed by atoms with Crippen LogP contribution in [0.2, 0.25) is 0 Å². The van der Waals surface area contributed by atoms with Crippen molar-refractivity contribution in [3.8, 4) is 5.75 Å². The molecule has 0 spiro atoms. The minimum atomic E-state index is -0.0232. The minimum Gasteiger partial charge on any atom is -0.508 e. The molecule has 1 aromatic carbocycles. The Morgan fingerprint density at radius 3 is 2.39 bits per heavy atom. The second-order valence-electron chi connectivity index (χ2n) is 7.19. The standard InChI is InChI=1S/C19H29N3O/c1-7-17(15-10-8-9-11-18(15)23)20-13(2)16-12-22(19(4,5)6)21-14(16)3/h8-13,17,20,23H,7H2,1-6H3/t13-,17-/m1/s1. The number of aromatic hydroxyl groups is 1. The van der Waals surface area contributed by atoms with Crippen molar-refractivity contribution in [3.63, 3.8) is 0 Å². The van der Waals surface area contributed by atoms with Gasteiger partial charge in [0.1, 0.15) is 5.75 Å². The SMILES string of the molecule is CC[C@@H](N[C@H](C)c1cn(C(C)(C)C)nc1C)c1ccccc1O. The lowest BCUT2D eigenvalue weighted by atomic mass is 10.0. The highest BCUT2D eigenvalue weighted by Gasteiger charge is 2.22. The number of nitrogens with zero attached hydrogens (tertiary/aromatic N) is 2. The van der Waals surface area contributed by atoms with Gasteiger partial charge in [0.05, 0.1) is 11.2 Å². The second kappa shape index (κ2) is 6.75. The smallest absolute Gasteiger partial charge is 0.120 e. The topological polar surface area (TPSA) is 50.1 Å². The number of phenolic OH excluding ortho intramolecular Hbond substituents is 1. The van der Waals surface area contributed by atoms with Crippen LogP contribution in [-0.2, 0) is 5.54 Å². The summed E-state index contributed by atoms with van der Waals surface area (Å²) in [6, 6.07) is 7.82. The third-order valence-electron chi connectivity index (χ3n) is 4.26. The van der Waals surface area contributed by atoms with Gasteiger partial charge in [-0.25, -0.2) is 0 Å². The molecule has 4 heteroatoms. The van der Waals surface area contributed by atoms with Crippen LogP contribution < -0.4 is 5.32 Å². The molecule has 23 heavy (non-hydrogen) atoms. The molecular formula is C19H29N3O. The van der Waals surface area contributed by atoms with E-state index >= 15 is 0 Å². The third-order valence-corrected chi connectivity index (χ3v) is 4.26.